The van der Waals surface area contributed by atoms with Crippen LogP contribution in [-0.4, -0.2) is 28.6 Å². The summed E-state index contributed by atoms with van der Waals surface area (Å²) >= 11 is 0. The molecule has 0 spiro atoms. The third-order valence-electron chi connectivity index (χ3n) is 5.04. The van der Waals surface area contributed by atoms with Gasteiger partial charge in [-0.1, -0.05) is 0 Å². The van der Waals surface area contributed by atoms with Crippen molar-refractivity contribution in [2.24, 2.45) is 5.73 Å². The summed E-state index contributed by atoms with van der Waals surface area (Å²) < 4.78 is 2.53. The van der Waals surface area contributed by atoms with Crippen molar-refractivity contribution in [2.75, 3.05) is 7.05 Å². The fourth-order valence-corrected chi connectivity index (χ4v) is 3.49. The first-order valence-corrected chi connectivity index (χ1v) is 7.74. The summed E-state index contributed by atoms with van der Waals surface area (Å²) in [6.07, 6.45) is 6.36. The summed E-state index contributed by atoms with van der Waals surface area (Å²) in [7, 11) is 2.28. The van der Waals surface area contributed by atoms with Gasteiger partial charge in [0.05, 0.1) is 0 Å². The lowest BCUT2D eigenvalue weighted by molar-refractivity contribution is 0.223. The molecule has 0 aliphatic heterocycles. The summed E-state index contributed by atoms with van der Waals surface area (Å²) in [5.74, 6) is 0. The van der Waals surface area contributed by atoms with Gasteiger partial charge in [-0.25, -0.2) is 0 Å². The number of nitrogens with zero attached hydrogens (tertiary/aromatic N) is 2. The van der Waals surface area contributed by atoms with E-state index in [9.17, 15) is 0 Å². The van der Waals surface area contributed by atoms with Crippen molar-refractivity contribution in [1.29, 1.82) is 0 Å². The summed E-state index contributed by atoms with van der Waals surface area (Å²) in [4.78, 5) is 2.55. The lowest BCUT2D eigenvalue weighted by atomic mass is 9.93. The van der Waals surface area contributed by atoms with Crippen molar-refractivity contribution in [3.8, 4) is 0 Å². The molecule has 2 atom stereocenters. The predicted molar refractivity (Wildman–Crippen MR) is 79.3 cm³/mol. The summed E-state index contributed by atoms with van der Waals surface area (Å²) in [5, 5.41) is 0. The minimum atomic E-state index is 0.264. The molecule has 0 aromatic carbocycles. The van der Waals surface area contributed by atoms with Crippen LogP contribution in [0, 0.1) is 6.92 Å². The molecule has 2 aliphatic rings. The Hall–Kier alpha value is -0.800. The quantitative estimate of drug-likeness (QED) is 0.904. The Morgan fingerprint density at radius 2 is 2.16 bits per heavy atom. The van der Waals surface area contributed by atoms with Crippen LogP contribution >= 0.6 is 0 Å². The average Bonchev–Trinajstić information content (AvgIpc) is 3.17. The minimum absolute atomic E-state index is 0.264. The molecule has 0 amide bonds. The standard InChI is InChI=1S/C16H27N3/c1-11-9-14-15(17)5-4-6-16(14)19(11)10-12(2)18(3)13-7-8-13/h9,12-13,15H,4-8,10,17H2,1-3H3. The monoisotopic (exact) mass is 261 g/mol. The molecule has 0 bridgehead atoms. The number of likely N-dealkylation sites (N-methyl/N-ethyl adjacent to an activating group) is 1. The first kappa shape index (κ1) is 13.2. The molecule has 2 unspecified atom stereocenters. The van der Waals surface area contributed by atoms with Crippen LogP contribution in [0.15, 0.2) is 6.07 Å². The van der Waals surface area contributed by atoms with Gasteiger partial charge in [0.15, 0.2) is 0 Å². The minimum Gasteiger partial charge on any atom is -0.347 e. The number of hydrogen-bond donors (Lipinski definition) is 1. The molecule has 3 nitrogen and oxygen atoms in total. The highest BCUT2D eigenvalue weighted by Crippen LogP contribution is 2.32. The Labute approximate surface area is 116 Å². The maximum Gasteiger partial charge on any atom is 0.0378 e. The lowest BCUT2D eigenvalue weighted by Crippen LogP contribution is -2.35. The molecule has 0 radical (unpaired) electrons. The summed E-state index contributed by atoms with van der Waals surface area (Å²) in [5.41, 5.74) is 10.6. The number of aryl methyl sites for hydroxylation is 1. The normalized spacial score (nSPS) is 24.6. The Balaban J connectivity index is 1.80. The highest BCUT2D eigenvalue weighted by atomic mass is 15.2. The van der Waals surface area contributed by atoms with E-state index in [-0.39, 0.29) is 6.04 Å². The van der Waals surface area contributed by atoms with Gasteiger partial charge in [-0.2, -0.15) is 0 Å². The molecular formula is C16H27N3. The maximum atomic E-state index is 6.25. The number of rotatable bonds is 4. The zero-order chi connectivity index (χ0) is 13.6. The van der Waals surface area contributed by atoms with Crippen molar-refractivity contribution < 1.29 is 0 Å². The van der Waals surface area contributed by atoms with Gasteiger partial charge in [0, 0.05) is 36.1 Å². The van der Waals surface area contributed by atoms with Crippen molar-refractivity contribution >= 4 is 0 Å². The van der Waals surface area contributed by atoms with Gasteiger partial charge in [0.25, 0.3) is 0 Å². The van der Waals surface area contributed by atoms with Gasteiger partial charge in [-0.05, 0) is 64.6 Å². The first-order valence-electron chi connectivity index (χ1n) is 7.74. The molecule has 3 rings (SSSR count). The molecule has 1 heterocycles. The Kier molecular flexibility index (Phi) is 3.44. The van der Waals surface area contributed by atoms with Gasteiger partial charge in [-0.15, -0.1) is 0 Å². The molecule has 106 valence electrons. The number of aromatic nitrogens is 1. The van der Waals surface area contributed by atoms with Gasteiger partial charge in [-0.3, -0.25) is 4.90 Å². The average molecular weight is 261 g/mol. The van der Waals surface area contributed by atoms with Gasteiger partial charge >= 0.3 is 0 Å². The van der Waals surface area contributed by atoms with Gasteiger partial charge < -0.3 is 10.3 Å². The molecule has 19 heavy (non-hydrogen) atoms. The van der Waals surface area contributed by atoms with Crippen molar-refractivity contribution in [3.63, 3.8) is 0 Å². The van der Waals surface area contributed by atoms with E-state index in [4.69, 9.17) is 5.73 Å². The van der Waals surface area contributed by atoms with E-state index in [1.54, 1.807) is 0 Å². The lowest BCUT2D eigenvalue weighted by Gasteiger charge is -2.28. The predicted octanol–water partition coefficient (Wildman–Crippen LogP) is 2.62. The molecule has 0 saturated heterocycles. The number of nitrogens with two attached hydrogens (primary N) is 1. The molecule has 1 aromatic heterocycles. The van der Waals surface area contributed by atoms with Crippen LogP contribution in [0.4, 0.5) is 0 Å². The molecule has 1 saturated carbocycles. The van der Waals surface area contributed by atoms with E-state index in [0.717, 1.165) is 19.0 Å². The molecule has 1 fully saturated rings. The zero-order valence-electron chi connectivity index (χ0n) is 12.5. The third kappa shape index (κ3) is 2.46. The number of hydrogen-bond acceptors (Lipinski definition) is 2. The summed E-state index contributed by atoms with van der Waals surface area (Å²) in [6.45, 7) is 5.70. The van der Waals surface area contributed by atoms with E-state index in [0.29, 0.717) is 6.04 Å². The van der Waals surface area contributed by atoms with E-state index in [1.807, 2.05) is 0 Å². The van der Waals surface area contributed by atoms with Crippen LogP contribution < -0.4 is 5.73 Å². The van der Waals surface area contributed by atoms with Crippen molar-refractivity contribution in [3.05, 3.63) is 23.0 Å². The molecule has 3 heteroatoms. The third-order valence-corrected chi connectivity index (χ3v) is 5.04. The fourth-order valence-electron chi connectivity index (χ4n) is 3.49. The number of fused-ring (bicyclic) bond motifs is 1. The Bertz CT molecular complexity index is 459. The SMILES string of the molecule is Cc1cc2c(n1CC(C)N(C)C1CC1)CCCC2N. The van der Waals surface area contributed by atoms with Crippen LogP contribution in [0.5, 0.6) is 0 Å². The molecular weight excluding hydrogens is 234 g/mol. The van der Waals surface area contributed by atoms with E-state index in [2.05, 4.69) is 36.4 Å². The van der Waals surface area contributed by atoms with Crippen LogP contribution in [0.1, 0.15) is 55.6 Å². The van der Waals surface area contributed by atoms with Crippen LogP contribution in [0.25, 0.3) is 0 Å². The van der Waals surface area contributed by atoms with Crippen LogP contribution in [0.3, 0.4) is 0 Å². The van der Waals surface area contributed by atoms with E-state index in [1.165, 1.54) is 42.6 Å². The Morgan fingerprint density at radius 3 is 2.84 bits per heavy atom. The zero-order valence-corrected chi connectivity index (χ0v) is 12.5. The van der Waals surface area contributed by atoms with E-state index < -0.39 is 0 Å². The largest absolute Gasteiger partial charge is 0.347 e. The van der Waals surface area contributed by atoms with E-state index >= 15 is 0 Å². The fraction of sp³-hybridized carbons (Fsp3) is 0.750. The second-order valence-corrected chi connectivity index (χ2v) is 6.54. The Morgan fingerprint density at radius 1 is 1.42 bits per heavy atom. The van der Waals surface area contributed by atoms with Crippen molar-refractivity contribution in [1.82, 2.24) is 9.47 Å². The van der Waals surface area contributed by atoms with Crippen LogP contribution in [0.2, 0.25) is 0 Å². The summed E-state index contributed by atoms with van der Waals surface area (Å²) in [6, 6.07) is 4.04. The maximum absolute atomic E-state index is 6.25. The second-order valence-electron chi connectivity index (χ2n) is 6.54. The molecule has 2 aliphatic carbocycles. The molecule has 2 N–H and O–H groups in total. The molecule has 1 aromatic rings. The second kappa shape index (κ2) is 4.95. The van der Waals surface area contributed by atoms with Crippen molar-refractivity contribution in [2.45, 2.75) is 70.6 Å². The van der Waals surface area contributed by atoms with Gasteiger partial charge in [0.2, 0.25) is 0 Å². The highest BCUT2D eigenvalue weighted by Gasteiger charge is 2.30. The first-order chi connectivity index (χ1) is 9.08. The topological polar surface area (TPSA) is 34.2 Å². The highest BCUT2D eigenvalue weighted by molar-refractivity contribution is 5.32. The smallest absolute Gasteiger partial charge is 0.0378 e. The van der Waals surface area contributed by atoms with Crippen LogP contribution in [-0.2, 0) is 13.0 Å². The van der Waals surface area contributed by atoms with Gasteiger partial charge in [0.1, 0.15) is 0 Å².